The molecule has 0 bridgehead atoms. The smallest absolute Gasteiger partial charge is 0.221 e. The molecule has 0 fully saturated rings. The van der Waals surface area contributed by atoms with Crippen molar-refractivity contribution in [3.8, 4) is 11.1 Å². The van der Waals surface area contributed by atoms with Crippen molar-refractivity contribution in [1.29, 1.82) is 0 Å². The summed E-state index contributed by atoms with van der Waals surface area (Å²) in [5, 5.41) is 6.89. The van der Waals surface area contributed by atoms with E-state index in [1.54, 1.807) is 12.4 Å². The van der Waals surface area contributed by atoms with E-state index in [1.807, 2.05) is 54.6 Å². The zero-order valence-electron chi connectivity index (χ0n) is 13.8. The van der Waals surface area contributed by atoms with Gasteiger partial charge in [0, 0.05) is 42.1 Å². The highest BCUT2D eigenvalue weighted by Crippen LogP contribution is 2.24. The number of hydrogen-bond acceptors (Lipinski definition) is 3. The van der Waals surface area contributed by atoms with Gasteiger partial charge in [-0.05, 0) is 41.5 Å². The van der Waals surface area contributed by atoms with Gasteiger partial charge in [0.05, 0.1) is 5.69 Å². The van der Waals surface area contributed by atoms with E-state index in [2.05, 4.69) is 15.6 Å². The van der Waals surface area contributed by atoms with Crippen LogP contribution in [0.3, 0.4) is 0 Å². The molecule has 0 atom stereocenters. The molecule has 1 aromatic heterocycles. The van der Waals surface area contributed by atoms with Gasteiger partial charge in [0.2, 0.25) is 5.91 Å². The van der Waals surface area contributed by atoms with Gasteiger partial charge in [-0.2, -0.15) is 0 Å². The van der Waals surface area contributed by atoms with E-state index < -0.39 is 0 Å². The lowest BCUT2D eigenvalue weighted by atomic mass is 10.1. The fourth-order valence-electron chi connectivity index (χ4n) is 2.48. The Kier molecular flexibility index (Phi) is 5.31. The van der Waals surface area contributed by atoms with Crippen molar-refractivity contribution in [2.45, 2.75) is 13.5 Å². The van der Waals surface area contributed by atoms with Crippen LogP contribution in [0.1, 0.15) is 12.5 Å². The molecule has 5 heteroatoms. The van der Waals surface area contributed by atoms with Crippen LogP contribution in [0, 0.1) is 0 Å². The van der Waals surface area contributed by atoms with Crippen LogP contribution in [0.2, 0.25) is 5.02 Å². The average Bonchev–Trinajstić information content (AvgIpc) is 2.61. The third-order valence-electron chi connectivity index (χ3n) is 3.66. The number of carbonyl (C=O) groups excluding carboxylic acids is 1. The second-order valence-electron chi connectivity index (χ2n) is 5.70. The highest BCUT2D eigenvalue weighted by Gasteiger charge is 2.03. The number of nitrogens with one attached hydrogen (secondary N) is 2. The zero-order chi connectivity index (χ0) is 17.6. The molecular weight excluding hydrogens is 334 g/mol. The summed E-state index contributed by atoms with van der Waals surface area (Å²) in [6.45, 7) is 2.18. The van der Waals surface area contributed by atoms with Crippen LogP contribution in [0.4, 0.5) is 11.4 Å². The molecule has 0 aliphatic rings. The van der Waals surface area contributed by atoms with Crippen molar-refractivity contribution >= 4 is 28.9 Å². The van der Waals surface area contributed by atoms with Crippen molar-refractivity contribution in [3.63, 3.8) is 0 Å². The van der Waals surface area contributed by atoms with Gasteiger partial charge in [0.25, 0.3) is 0 Å². The van der Waals surface area contributed by atoms with Crippen molar-refractivity contribution in [2.75, 3.05) is 10.6 Å². The number of halogens is 1. The molecular formula is C20H18ClN3O. The van der Waals surface area contributed by atoms with E-state index in [9.17, 15) is 4.79 Å². The summed E-state index contributed by atoms with van der Waals surface area (Å²) in [4.78, 5) is 15.5. The first-order valence-electron chi connectivity index (χ1n) is 7.91. The molecule has 3 aromatic rings. The maximum atomic E-state index is 11.2. The normalized spacial score (nSPS) is 10.3. The van der Waals surface area contributed by atoms with E-state index in [4.69, 9.17) is 11.6 Å². The number of nitrogens with zero attached hydrogens (tertiary/aromatic N) is 1. The molecule has 2 N–H and O–H groups in total. The molecule has 126 valence electrons. The largest absolute Gasteiger partial charge is 0.380 e. The molecule has 0 spiro atoms. The minimum absolute atomic E-state index is 0.0892. The van der Waals surface area contributed by atoms with Crippen molar-refractivity contribution in [3.05, 3.63) is 77.6 Å². The summed E-state index contributed by atoms with van der Waals surface area (Å²) in [5.74, 6) is -0.0892. The Labute approximate surface area is 151 Å². The van der Waals surface area contributed by atoms with Crippen LogP contribution in [0.15, 0.2) is 67.0 Å². The standard InChI is InChI=1S/C20H18ClN3O/c1-14(25)24-19-4-2-3-16(9-19)17-10-20(13-22-12-17)23-11-15-5-7-18(21)8-6-15/h2-10,12-13,23H,11H2,1H3,(H,24,25). The Bertz CT molecular complexity index is 878. The lowest BCUT2D eigenvalue weighted by molar-refractivity contribution is -0.114. The molecule has 1 heterocycles. The van der Waals surface area contributed by atoms with Crippen LogP contribution in [0.25, 0.3) is 11.1 Å². The summed E-state index contributed by atoms with van der Waals surface area (Å²) < 4.78 is 0. The number of hydrogen-bond donors (Lipinski definition) is 2. The topological polar surface area (TPSA) is 54.0 Å². The number of anilines is 2. The predicted molar refractivity (Wildman–Crippen MR) is 103 cm³/mol. The number of carbonyl (C=O) groups is 1. The van der Waals surface area contributed by atoms with Crippen LogP contribution in [-0.4, -0.2) is 10.9 Å². The van der Waals surface area contributed by atoms with Crippen molar-refractivity contribution < 1.29 is 4.79 Å². The van der Waals surface area contributed by atoms with E-state index in [1.165, 1.54) is 6.92 Å². The number of benzene rings is 2. The summed E-state index contributed by atoms with van der Waals surface area (Å²) in [5.41, 5.74) is 4.81. The number of pyridine rings is 1. The Hall–Kier alpha value is -2.85. The second kappa shape index (κ2) is 7.81. The SMILES string of the molecule is CC(=O)Nc1cccc(-c2cncc(NCc3ccc(Cl)cc3)c2)c1. The highest BCUT2D eigenvalue weighted by molar-refractivity contribution is 6.30. The minimum Gasteiger partial charge on any atom is -0.380 e. The van der Waals surface area contributed by atoms with Gasteiger partial charge in [-0.3, -0.25) is 9.78 Å². The summed E-state index contributed by atoms with van der Waals surface area (Å²) in [6.07, 6.45) is 3.59. The van der Waals surface area contributed by atoms with Gasteiger partial charge in [0.15, 0.2) is 0 Å². The molecule has 0 saturated heterocycles. The second-order valence-corrected chi connectivity index (χ2v) is 6.14. The first-order valence-corrected chi connectivity index (χ1v) is 8.29. The van der Waals surface area contributed by atoms with Gasteiger partial charge >= 0.3 is 0 Å². The van der Waals surface area contributed by atoms with E-state index in [0.29, 0.717) is 6.54 Å². The van der Waals surface area contributed by atoms with Crippen LogP contribution in [0.5, 0.6) is 0 Å². The molecule has 25 heavy (non-hydrogen) atoms. The number of rotatable bonds is 5. The minimum atomic E-state index is -0.0892. The van der Waals surface area contributed by atoms with Crippen molar-refractivity contribution in [2.24, 2.45) is 0 Å². The summed E-state index contributed by atoms with van der Waals surface area (Å²) in [6, 6.07) is 17.5. The first kappa shape index (κ1) is 17.0. The van der Waals surface area contributed by atoms with Crippen molar-refractivity contribution in [1.82, 2.24) is 4.98 Å². The molecule has 0 unspecified atom stereocenters. The Morgan fingerprint density at radius 2 is 1.76 bits per heavy atom. The molecule has 2 aromatic carbocycles. The molecule has 1 amide bonds. The molecule has 3 rings (SSSR count). The summed E-state index contributed by atoms with van der Waals surface area (Å²) in [7, 11) is 0. The Balaban J connectivity index is 1.75. The first-order chi connectivity index (χ1) is 12.1. The van der Waals surface area contributed by atoms with E-state index in [-0.39, 0.29) is 5.91 Å². The molecule has 4 nitrogen and oxygen atoms in total. The van der Waals surface area contributed by atoms with Crippen LogP contribution < -0.4 is 10.6 Å². The maximum absolute atomic E-state index is 11.2. The van der Waals surface area contributed by atoms with Gasteiger partial charge in [-0.15, -0.1) is 0 Å². The van der Waals surface area contributed by atoms with Gasteiger partial charge < -0.3 is 10.6 Å². The van der Waals surface area contributed by atoms with Gasteiger partial charge in [0.1, 0.15) is 0 Å². The lowest BCUT2D eigenvalue weighted by Crippen LogP contribution is -2.05. The summed E-state index contributed by atoms with van der Waals surface area (Å²) >= 11 is 5.91. The fourth-order valence-corrected chi connectivity index (χ4v) is 2.61. The molecule has 0 radical (unpaired) electrons. The average molecular weight is 352 g/mol. The number of aromatic nitrogens is 1. The third-order valence-corrected chi connectivity index (χ3v) is 3.92. The fraction of sp³-hybridized carbons (Fsp3) is 0.100. The lowest BCUT2D eigenvalue weighted by Gasteiger charge is -2.09. The van der Waals surface area contributed by atoms with Gasteiger partial charge in [-0.1, -0.05) is 35.9 Å². The monoisotopic (exact) mass is 351 g/mol. The van der Waals surface area contributed by atoms with Crippen LogP contribution >= 0.6 is 11.6 Å². The van der Waals surface area contributed by atoms with Crippen LogP contribution in [-0.2, 0) is 11.3 Å². The zero-order valence-corrected chi connectivity index (χ0v) is 14.5. The Morgan fingerprint density at radius 3 is 2.52 bits per heavy atom. The van der Waals surface area contributed by atoms with E-state index in [0.717, 1.165) is 33.1 Å². The maximum Gasteiger partial charge on any atom is 0.221 e. The van der Waals surface area contributed by atoms with E-state index >= 15 is 0 Å². The molecule has 0 aliphatic heterocycles. The third kappa shape index (κ3) is 4.81. The number of amides is 1. The van der Waals surface area contributed by atoms with Gasteiger partial charge in [-0.25, -0.2) is 0 Å². The molecule has 0 aliphatic carbocycles. The Morgan fingerprint density at radius 1 is 1.00 bits per heavy atom. The predicted octanol–water partition coefficient (Wildman–Crippen LogP) is 4.97. The highest BCUT2D eigenvalue weighted by atomic mass is 35.5. The molecule has 0 saturated carbocycles. The quantitative estimate of drug-likeness (QED) is 0.682.